The molecule has 0 spiro atoms. The summed E-state index contributed by atoms with van der Waals surface area (Å²) in [6.45, 7) is 1.65. The normalized spacial score (nSPS) is 18.3. The van der Waals surface area contributed by atoms with E-state index in [0.717, 1.165) is 6.26 Å². The molecule has 1 aliphatic carbocycles. The number of hydrogen-bond acceptors (Lipinski definition) is 6. The van der Waals surface area contributed by atoms with Crippen molar-refractivity contribution < 1.29 is 18.1 Å². The van der Waals surface area contributed by atoms with E-state index < -0.39 is 14.8 Å². The molecule has 0 saturated carbocycles. The van der Waals surface area contributed by atoms with Gasteiger partial charge in [-0.15, -0.1) is 0 Å². The van der Waals surface area contributed by atoms with E-state index in [9.17, 15) is 23.3 Å². The number of carbonyl (C=O) groups is 1. The average molecular weight is 397 g/mol. The van der Waals surface area contributed by atoms with Crippen molar-refractivity contribution in [2.24, 2.45) is 0 Å². The Kier molecular flexibility index (Phi) is 4.66. The molecular weight excluding hydrogens is 380 g/mol. The molecule has 26 heavy (non-hydrogen) atoms. The Hall–Kier alpha value is -2.19. The second kappa shape index (κ2) is 6.51. The molecule has 0 saturated heterocycles. The molecule has 9 heteroatoms. The van der Waals surface area contributed by atoms with Crippen LogP contribution in [0.15, 0.2) is 40.1 Å². The first kappa shape index (κ1) is 18.6. The number of sulfone groups is 1. The predicted octanol–water partition coefficient (Wildman–Crippen LogP) is 3.74. The Morgan fingerprint density at radius 1 is 1.27 bits per heavy atom. The molecule has 0 radical (unpaired) electrons. The van der Waals surface area contributed by atoms with E-state index in [1.165, 1.54) is 12.1 Å². The third kappa shape index (κ3) is 3.14. The summed E-state index contributed by atoms with van der Waals surface area (Å²) in [5, 5.41) is 11.2. The average Bonchev–Trinajstić information content (AvgIpc) is 2.54. The van der Waals surface area contributed by atoms with Gasteiger partial charge in [-0.05, 0) is 31.9 Å². The number of nitro groups is 1. The van der Waals surface area contributed by atoms with Crippen LogP contribution in [0, 0.1) is 10.1 Å². The van der Waals surface area contributed by atoms with Gasteiger partial charge in [-0.25, -0.2) is 8.42 Å². The molecule has 0 atom stereocenters. The molecule has 0 fully saturated rings. The minimum Gasteiger partial charge on any atom is -0.317 e. The lowest BCUT2D eigenvalue weighted by Crippen LogP contribution is -2.32. The molecule has 1 heterocycles. The highest BCUT2D eigenvalue weighted by Gasteiger charge is 2.35. The largest absolute Gasteiger partial charge is 0.317 e. The Labute approximate surface area is 156 Å². The number of Topliss-reactive ketones (excluding diaryl/α,β-unsaturated/α-hetero) is 1. The van der Waals surface area contributed by atoms with Crippen molar-refractivity contribution in [3.8, 4) is 0 Å². The van der Waals surface area contributed by atoms with E-state index in [1.807, 2.05) is 0 Å². The van der Waals surface area contributed by atoms with Crippen LogP contribution in [-0.4, -0.2) is 25.4 Å². The van der Waals surface area contributed by atoms with Gasteiger partial charge >= 0.3 is 0 Å². The maximum atomic E-state index is 12.4. The quantitative estimate of drug-likeness (QED) is 0.570. The SMILES string of the molecule is CC1=C(S(C)(=O)=O)CC2=C(CCCC2=O)N1c1ccc(Cl)c([N+](=O)[O-])c1. The molecule has 0 amide bonds. The van der Waals surface area contributed by atoms with Gasteiger partial charge in [-0.1, -0.05) is 11.6 Å². The topological polar surface area (TPSA) is 97.6 Å². The third-order valence-corrected chi connectivity index (χ3v) is 6.34. The van der Waals surface area contributed by atoms with Gasteiger partial charge < -0.3 is 4.90 Å². The van der Waals surface area contributed by atoms with E-state index in [-0.39, 0.29) is 27.8 Å². The molecule has 0 unspecified atom stereocenters. The summed E-state index contributed by atoms with van der Waals surface area (Å²) in [6.07, 6.45) is 2.82. The van der Waals surface area contributed by atoms with Crippen molar-refractivity contribution in [3.63, 3.8) is 0 Å². The van der Waals surface area contributed by atoms with Crippen molar-refractivity contribution in [2.45, 2.75) is 32.6 Å². The number of nitro benzene ring substituents is 1. The number of carbonyl (C=O) groups excluding carboxylic acids is 1. The van der Waals surface area contributed by atoms with E-state index in [2.05, 4.69) is 0 Å². The smallest absolute Gasteiger partial charge is 0.289 e. The van der Waals surface area contributed by atoms with Crippen molar-refractivity contribution in [1.29, 1.82) is 0 Å². The van der Waals surface area contributed by atoms with Crippen LogP contribution in [0.25, 0.3) is 0 Å². The lowest BCUT2D eigenvalue weighted by molar-refractivity contribution is -0.384. The van der Waals surface area contributed by atoms with Crippen LogP contribution in [0.4, 0.5) is 11.4 Å². The second-order valence-electron chi connectivity index (χ2n) is 6.39. The summed E-state index contributed by atoms with van der Waals surface area (Å²) >= 11 is 5.89. The number of ketones is 1. The molecule has 3 rings (SSSR count). The van der Waals surface area contributed by atoms with Crippen LogP contribution < -0.4 is 4.90 Å². The van der Waals surface area contributed by atoms with Crippen LogP contribution >= 0.6 is 11.6 Å². The molecule has 1 aliphatic heterocycles. The fraction of sp³-hybridized carbons (Fsp3) is 0.353. The number of hydrogen-bond donors (Lipinski definition) is 0. The van der Waals surface area contributed by atoms with Crippen molar-refractivity contribution in [3.05, 3.63) is 55.2 Å². The first-order valence-electron chi connectivity index (χ1n) is 8.00. The van der Waals surface area contributed by atoms with Gasteiger partial charge in [0.2, 0.25) is 0 Å². The number of benzene rings is 1. The van der Waals surface area contributed by atoms with Gasteiger partial charge in [0.1, 0.15) is 5.02 Å². The molecule has 0 aromatic heterocycles. The lowest BCUT2D eigenvalue weighted by atomic mass is 9.88. The minimum atomic E-state index is -3.53. The Balaban J connectivity index is 2.25. The highest BCUT2D eigenvalue weighted by Crippen LogP contribution is 2.42. The number of nitrogens with zero attached hydrogens (tertiary/aromatic N) is 2. The number of rotatable bonds is 3. The second-order valence-corrected chi connectivity index (χ2v) is 8.83. The maximum Gasteiger partial charge on any atom is 0.289 e. The molecule has 7 nitrogen and oxygen atoms in total. The zero-order chi connectivity index (χ0) is 19.2. The monoisotopic (exact) mass is 396 g/mol. The van der Waals surface area contributed by atoms with Gasteiger partial charge in [0.25, 0.3) is 5.69 Å². The standard InChI is InChI=1S/C17H17ClN2O5S/c1-10-17(26(2,24)25)9-12-14(4-3-5-16(12)21)19(10)11-6-7-13(18)15(8-11)20(22)23/h6-8H,3-5,9H2,1-2H3. The van der Waals surface area contributed by atoms with Crippen molar-refractivity contribution in [2.75, 3.05) is 11.2 Å². The van der Waals surface area contributed by atoms with E-state index >= 15 is 0 Å². The van der Waals surface area contributed by atoms with Crippen LogP contribution in [-0.2, 0) is 14.6 Å². The number of allylic oxidation sites excluding steroid dienone is 4. The number of anilines is 1. The molecular formula is C17H17ClN2O5S. The molecule has 1 aromatic rings. The van der Waals surface area contributed by atoms with E-state index in [0.29, 0.717) is 41.9 Å². The Morgan fingerprint density at radius 3 is 2.58 bits per heavy atom. The maximum absolute atomic E-state index is 12.4. The molecule has 138 valence electrons. The van der Waals surface area contributed by atoms with Gasteiger partial charge in [0.15, 0.2) is 15.6 Å². The van der Waals surface area contributed by atoms with Crippen LogP contribution in [0.2, 0.25) is 5.02 Å². The molecule has 2 aliphatic rings. The fourth-order valence-electron chi connectivity index (χ4n) is 3.47. The van der Waals surface area contributed by atoms with E-state index in [4.69, 9.17) is 11.6 Å². The molecule has 0 N–H and O–H groups in total. The highest BCUT2D eigenvalue weighted by atomic mass is 35.5. The summed E-state index contributed by atoms with van der Waals surface area (Å²) in [7, 11) is -3.53. The van der Waals surface area contributed by atoms with Crippen molar-refractivity contribution >= 4 is 38.6 Å². The van der Waals surface area contributed by atoms with Crippen LogP contribution in [0.1, 0.15) is 32.6 Å². The fourth-order valence-corrected chi connectivity index (χ4v) is 4.69. The first-order valence-corrected chi connectivity index (χ1v) is 10.3. The summed E-state index contributed by atoms with van der Waals surface area (Å²) in [5.41, 5.74) is 1.79. The Morgan fingerprint density at radius 2 is 1.96 bits per heavy atom. The first-order chi connectivity index (χ1) is 12.1. The third-order valence-electron chi connectivity index (χ3n) is 4.68. The summed E-state index contributed by atoms with van der Waals surface area (Å²) < 4.78 is 24.5. The summed E-state index contributed by atoms with van der Waals surface area (Å²) in [6, 6.07) is 4.30. The summed E-state index contributed by atoms with van der Waals surface area (Å²) in [4.78, 5) is 24.8. The highest BCUT2D eigenvalue weighted by molar-refractivity contribution is 7.94. The summed E-state index contributed by atoms with van der Waals surface area (Å²) in [5.74, 6) is -0.0756. The van der Waals surface area contributed by atoms with Gasteiger partial charge in [0, 0.05) is 42.1 Å². The zero-order valence-electron chi connectivity index (χ0n) is 14.3. The minimum absolute atomic E-state index is 0.00495. The lowest BCUT2D eigenvalue weighted by Gasteiger charge is -2.37. The van der Waals surface area contributed by atoms with Gasteiger partial charge in [0.05, 0.1) is 15.5 Å². The molecule has 1 aromatic carbocycles. The van der Waals surface area contributed by atoms with Gasteiger partial charge in [-0.3, -0.25) is 14.9 Å². The van der Waals surface area contributed by atoms with Crippen LogP contribution in [0.3, 0.4) is 0 Å². The van der Waals surface area contributed by atoms with Crippen LogP contribution in [0.5, 0.6) is 0 Å². The van der Waals surface area contributed by atoms with E-state index in [1.54, 1.807) is 17.9 Å². The zero-order valence-corrected chi connectivity index (χ0v) is 15.9. The predicted molar refractivity (Wildman–Crippen MR) is 98.6 cm³/mol. The molecule has 0 bridgehead atoms. The Bertz CT molecular complexity index is 992. The van der Waals surface area contributed by atoms with Crippen molar-refractivity contribution in [1.82, 2.24) is 0 Å². The van der Waals surface area contributed by atoms with Gasteiger partial charge in [-0.2, -0.15) is 0 Å². The number of halogens is 1.